The zero-order valence-electron chi connectivity index (χ0n) is 8.92. The third kappa shape index (κ3) is 4.45. The second-order valence-corrected chi connectivity index (χ2v) is 2.90. The van der Waals surface area contributed by atoms with E-state index in [-0.39, 0.29) is 0 Å². The molecule has 0 amide bonds. The van der Waals surface area contributed by atoms with Crippen LogP contribution in [-0.4, -0.2) is 30.5 Å². The predicted octanol–water partition coefficient (Wildman–Crippen LogP) is 1.52. The van der Waals surface area contributed by atoms with Gasteiger partial charge in [-0.2, -0.15) is 0 Å². The van der Waals surface area contributed by atoms with Gasteiger partial charge in [-0.05, 0) is 36.8 Å². The third-order valence-electron chi connectivity index (χ3n) is 1.66. The molecular formula is C11H13NO4. The van der Waals surface area contributed by atoms with Crippen LogP contribution in [0.3, 0.4) is 0 Å². The highest BCUT2D eigenvalue weighted by Gasteiger charge is 1.94. The molecule has 0 aliphatic rings. The van der Waals surface area contributed by atoms with E-state index >= 15 is 0 Å². The lowest BCUT2D eigenvalue weighted by atomic mass is 10.2. The summed E-state index contributed by atoms with van der Waals surface area (Å²) in [4.78, 5) is 14.6. The quantitative estimate of drug-likeness (QED) is 0.586. The van der Waals surface area contributed by atoms with Crippen LogP contribution in [0.25, 0.3) is 0 Å². The summed E-state index contributed by atoms with van der Waals surface area (Å²) in [5.41, 5.74) is 0.814. The molecule has 1 rings (SSSR count). The van der Waals surface area contributed by atoms with E-state index in [1.165, 1.54) is 6.21 Å². The maximum Gasteiger partial charge on any atom is 0.344 e. The Kier molecular flexibility index (Phi) is 4.85. The first-order chi connectivity index (χ1) is 7.72. The standard InChI is InChI=1S/C11H13NO4/c1-2-15-10-5-3-9(4-6-10)7-12-16-8-11(13)14/h3-7H,2,8H2,1H3,(H,13,14). The molecular weight excluding hydrogens is 210 g/mol. The first-order valence-electron chi connectivity index (χ1n) is 4.82. The first kappa shape index (κ1) is 12.0. The SMILES string of the molecule is CCOc1ccc(C=NOCC(=O)O)cc1. The van der Waals surface area contributed by atoms with Crippen LogP contribution in [0, 0.1) is 0 Å². The van der Waals surface area contributed by atoms with Crippen molar-refractivity contribution in [2.24, 2.45) is 5.16 Å². The van der Waals surface area contributed by atoms with E-state index in [4.69, 9.17) is 9.84 Å². The van der Waals surface area contributed by atoms with Crippen molar-refractivity contribution in [2.75, 3.05) is 13.2 Å². The van der Waals surface area contributed by atoms with Crippen molar-refractivity contribution < 1.29 is 19.5 Å². The number of nitrogens with zero attached hydrogens (tertiary/aromatic N) is 1. The third-order valence-corrected chi connectivity index (χ3v) is 1.66. The number of hydrogen-bond acceptors (Lipinski definition) is 4. The maximum absolute atomic E-state index is 10.1. The second kappa shape index (κ2) is 6.44. The van der Waals surface area contributed by atoms with Crippen molar-refractivity contribution in [3.05, 3.63) is 29.8 Å². The highest BCUT2D eigenvalue weighted by Crippen LogP contribution is 2.10. The van der Waals surface area contributed by atoms with Crippen LogP contribution in [0.4, 0.5) is 0 Å². The molecule has 0 fully saturated rings. The Bertz CT molecular complexity index is 359. The molecule has 0 saturated carbocycles. The zero-order valence-corrected chi connectivity index (χ0v) is 8.92. The van der Waals surface area contributed by atoms with Gasteiger partial charge in [0.1, 0.15) is 5.75 Å². The summed E-state index contributed by atoms with van der Waals surface area (Å²) >= 11 is 0. The van der Waals surface area contributed by atoms with Gasteiger partial charge in [-0.15, -0.1) is 0 Å². The summed E-state index contributed by atoms with van der Waals surface area (Å²) < 4.78 is 5.26. The number of benzene rings is 1. The summed E-state index contributed by atoms with van der Waals surface area (Å²) in [5.74, 6) is -0.269. The number of carboxylic acid groups (broad SMARTS) is 1. The highest BCUT2D eigenvalue weighted by atomic mass is 16.6. The molecule has 0 unspecified atom stereocenters. The smallest absolute Gasteiger partial charge is 0.344 e. The number of rotatable bonds is 6. The van der Waals surface area contributed by atoms with E-state index in [9.17, 15) is 4.79 Å². The molecule has 86 valence electrons. The van der Waals surface area contributed by atoms with Gasteiger partial charge in [0, 0.05) is 0 Å². The number of ether oxygens (including phenoxy) is 1. The lowest BCUT2D eigenvalue weighted by Gasteiger charge is -2.01. The molecule has 0 heterocycles. The Morgan fingerprint density at radius 2 is 2.12 bits per heavy atom. The maximum atomic E-state index is 10.1. The molecule has 16 heavy (non-hydrogen) atoms. The van der Waals surface area contributed by atoms with Gasteiger partial charge in [-0.1, -0.05) is 5.16 Å². The average molecular weight is 223 g/mol. The average Bonchev–Trinajstić information content (AvgIpc) is 2.27. The van der Waals surface area contributed by atoms with E-state index < -0.39 is 12.6 Å². The van der Waals surface area contributed by atoms with Gasteiger partial charge in [-0.25, -0.2) is 4.79 Å². The van der Waals surface area contributed by atoms with Crippen LogP contribution in [0.2, 0.25) is 0 Å². The lowest BCUT2D eigenvalue weighted by Crippen LogP contribution is -2.03. The second-order valence-electron chi connectivity index (χ2n) is 2.90. The molecule has 1 aromatic carbocycles. The van der Waals surface area contributed by atoms with Crippen LogP contribution in [0.15, 0.2) is 29.4 Å². The number of carboxylic acids is 1. The molecule has 1 N–H and O–H groups in total. The van der Waals surface area contributed by atoms with E-state index in [1.807, 2.05) is 19.1 Å². The van der Waals surface area contributed by atoms with Crippen LogP contribution in [0.1, 0.15) is 12.5 Å². The van der Waals surface area contributed by atoms with Crippen molar-refractivity contribution in [1.82, 2.24) is 0 Å². The Hall–Kier alpha value is -2.04. The number of oxime groups is 1. The number of aliphatic carboxylic acids is 1. The van der Waals surface area contributed by atoms with Crippen molar-refractivity contribution in [3.8, 4) is 5.75 Å². The monoisotopic (exact) mass is 223 g/mol. The molecule has 0 radical (unpaired) electrons. The molecule has 0 aliphatic heterocycles. The predicted molar refractivity (Wildman–Crippen MR) is 58.8 cm³/mol. The molecule has 0 bridgehead atoms. The fraction of sp³-hybridized carbons (Fsp3) is 0.273. The van der Waals surface area contributed by atoms with Gasteiger partial charge in [0.2, 0.25) is 6.61 Å². The summed E-state index contributed by atoms with van der Waals surface area (Å²) in [6, 6.07) is 7.22. The van der Waals surface area contributed by atoms with Crippen LogP contribution in [0.5, 0.6) is 5.75 Å². The van der Waals surface area contributed by atoms with Gasteiger partial charge in [0.25, 0.3) is 0 Å². The van der Waals surface area contributed by atoms with Gasteiger partial charge < -0.3 is 14.7 Å². The normalized spacial score (nSPS) is 10.3. The molecule has 1 aromatic rings. The Labute approximate surface area is 93.3 Å². The van der Waals surface area contributed by atoms with Crippen molar-refractivity contribution in [1.29, 1.82) is 0 Å². The Morgan fingerprint density at radius 1 is 1.44 bits per heavy atom. The highest BCUT2D eigenvalue weighted by molar-refractivity contribution is 5.79. The van der Waals surface area contributed by atoms with Crippen molar-refractivity contribution >= 4 is 12.2 Å². The minimum absolute atomic E-state index is 0.437. The zero-order chi connectivity index (χ0) is 11.8. The van der Waals surface area contributed by atoms with Crippen LogP contribution in [-0.2, 0) is 9.63 Å². The van der Waals surface area contributed by atoms with Gasteiger partial charge in [0.15, 0.2) is 0 Å². The van der Waals surface area contributed by atoms with E-state index in [0.29, 0.717) is 6.61 Å². The Morgan fingerprint density at radius 3 is 2.69 bits per heavy atom. The molecule has 0 aromatic heterocycles. The molecule has 0 spiro atoms. The largest absolute Gasteiger partial charge is 0.494 e. The molecule has 0 atom stereocenters. The fourth-order valence-corrected chi connectivity index (χ4v) is 1.01. The minimum Gasteiger partial charge on any atom is -0.494 e. The van der Waals surface area contributed by atoms with Crippen LogP contribution >= 0.6 is 0 Å². The van der Waals surface area contributed by atoms with Gasteiger partial charge >= 0.3 is 5.97 Å². The minimum atomic E-state index is -1.05. The fourth-order valence-electron chi connectivity index (χ4n) is 1.01. The molecule has 0 saturated heterocycles. The van der Waals surface area contributed by atoms with Crippen molar-refractivity contribution in [3.63, 3.8) is 0 Å². The summed E-state index contributed by atoms with van der Waals surface area (Å²) in [7, 11) is 0. The summed E-state index contributed by atoms with van der Waals surface area (Å²) in [6.45, 7) is 2.10. The van der Waals surface area contributed by atoms with Gasteiger partial charge in [0.05, 0.1) is 12.8 Å². The Balaban J connectivity index is 2.45. The van der Waals surface area contributed by atoms with E-state index in [0.717, 1.165) is 11.3 Å². The molecule has 0 aliphatic carbocycles. The van der Waals surface area contributed by atoms with Gasteiger partial charge in [-0.3, -0.25) is 0 Å². The molecule has 5 heteroatoms. The summed E-state index contributed by atoms with van der Waals surface area (Å²) in [5, 5.41) is 11.8. The lowest BCUT2D eigenvalue weighted by molar-refractivity contribution is -0.142. The van der Waals surface area contributed by atoms with E-state index in [1.54, 1.807) is 12.1 Å². The van der Waals surface area contributed by atoms with E-state index in [2.05, 4.69) is 9.99 Å². The topological polar surface area (TPSA) is 68.1 Å². The summed E-state index contributed by atoms with van der Waals surface area (Å²) in [6.07, 6.45) is 1.44. The molecule has 5 nitrogen and oxygen atoms in total. The van der Waals surface area contributed by atoms with Crippen LogP contribution < -0.4 is 4.74 Å². The van der Waals surface area contributed by atoms with Crippen molar-refractivity contribution in [2.45, 2.75) is 6.92 Å². The number of carbonyl (C=O) groups is 1. The first-order valence-corrected chi connectivity index (χ1v) is 4.82. The number of hydrogen-bond donors (Lipinski definition) is 1.